The van der Waals surface area contributed by atoms with Crippen molar-refractivity contribution in [3.63, 3.8) is 0 Å². The molecule has 0 saturated carbocycles. The minimum atomic E-state index is 0.624. The van der Waals surface area contributed by atoms with Crippen LogP contribution >= 0.6 is 11.6 Å². The van der Waals surface area contributed by atoms with E-state index >= 15 is 0 Å². The van der Waals surface area contributed by atoms with E-state index in [1.54, 1.807) is 7.11 Å². The summed E-state index contributed by atoms with van der Waals surface area (Å²) < 4.78 is 10.8. The molecular weight excluding hydrogens is 386 g/mol. The van der Waals surface area contributed by atoms with E-state index < -0.39 is 0 Å². The number of nitrogens with zero attached hydrogens (tertiary/aromatic N) is 2. The smallest absolute Gasteiger partial charge is 0.154 e. The first-order valence-corrected chi connectivity index (χ1v) is 9.65. The lowest BCUT2D eigenvalue weighted by Crippen LogP contribution is -2.19. The summed E-state index contributed by atoms with van der Waals surface area (Å²) in [5.41, 5.74) is 7.37. The van der Waals surface area contributed by atoms with Gasteiger partial charge in [-0.15, -0.1) is 0 Å². The predicted octanol–water partition coefficient (Wildman–Crippen LogP) is 5.18. The quantitative estimate of drug-likeness (QED) is 0.636. The molecule has 0 radical (unpaired) electrons. The van der Waals surface area contributed by atoms with Crippen molar-refractivity contribution in [1.29, 1.82) is 0 Å². The highest BCUT2D eigenvalue weighted by Gasteiger charge is 2.18. The van der Waals surface area contributed by atoms with Crippen molar-refractivity contribution in [2.45, 2.75) is 6.92 Å². The van der Waals surface area contributed by atoms with Gasteiger partial charge in [0.15, 0.2) is 5.84 Å². The number of aliphatic imine (C=N–C) groups is 1. The second-order valence-corrected chi connectivity index (χ2v) is 6.82. The van der Waals surface area contributed by atoms with Crippen LogP contribution in [0.15, 0.2) is 76.8 Å². The van der Waals surface area contributed by atoms with Crippen molar-refractivity contribution in [3.05, 3.63) is 88.4 Å². The zero-order chi connectivity index (χ0) is 20.2. The van der Waals surface area contributed by atoms with Crippen molar-refractivity contribution in [2.75, 3.05) is 13.7 Å². The zero-order valence-corrected chi connectivity index (χ0v) is 16.9. The number of ether oxygens (including phenoxy) is 2. The van der Waals surface area contributed by atoms with Gasteiger partial charge in [-0.2, -0.15) is 5.10 Å². The van der Waals surface area contributed by atoms with Crippen LogP contribution in [0.25, 0.3) is 0 Å². The Hall–Kier alpha value is -3.31. The first-order chi connectivity index (χ1) is 14.2. The third-order valence-corrected chi connectivity index (χ3v) is 4.76. The van der Waals surface area contributed by atoms with Crippen LogP contribution in [0, 0.1) is 0 Å². The number of hydrazone groups is 1. The molecule has 3 aromatic carbocycles. The summed E-state index contributed by atoms with van der Waals surface area (Å²) in [7, 11) is 1.64. The van der Waals surface area contributed by atoms with Crippen molar-refractivity contribution >= 4 is 28.8 Å². The van der Waals surface area contributed by atoms with Crippen LogP contribution in [0.5, 0.6) is 11.5 Å². The molecule has 1 N–H and O–H groups in total. The molecule has 0 spiro atoms. The molecule has 0 fully saturated rings. The lowest BCUT2D eigenvalue weighted by atomic mass is 10.0. The number of benzene rings is 3. The number of amidine groups is 1. The lowest BCUT2D eigenvalue weighted by Gasteiger charge is -2.09. The minimum absolute atomic E-state index is 0.624. The van der Waals surface area contributed by atoms with E-state index in [9.17, 15) is 0 Å². The maximum Gasteiger partial charge on any atom is 0.154 e. The second kappa shape index (κ2) is 8.37. The molecule has 4 rings (SSSR count). The maximum atomic E-state index is 6.28. The van der Waals surface area contributed by atoms with Gasteiger partial charge in [0, 0.05) is 21.7 Å². The Morgan fingerprint density at radius 1 is 0.897 bits per heavy atom. The van der Waals surface area contributed by atoms with Gasteiger partial charge in [-0.1, -0.05) is 11.6 Å². The fourth-order valence-corrected chi connectivity index (χ4v) is 3.26. The zero-order valence-electron chi connectivity index (χ0n) is 16.1. The van der Waals surface area contributed by atoms with E-state index in [1.807, 2.05) is 73.7 Å². The number of rotatable bonds is 5. The van der Waals surface area contributed by atoms with Gasteiger partial charge in [-0.3, -0.25) is 5.43 Å². The Bertz CT molecular complexity index is 1070. The molecule has 29 heavy (non-hydrogen) atoms. The average Bonchev–Trinajstić information content (AvgIpc) is 2.94. The monoisotopic (exact) mass is 405 g/mol. The van der Waals surface area contributed by atoms with Crippen LogP contribution in [0.1, 0.15) is 23.6 Å². The highest BCUT2D eigenvalue weighted by molar-refractivity contribution is 6.31. The molecule has 0 aliphatic carbocycles. The standard InChI is InChI=1S/C23H20ClN3O2/c1-3-29-19-11-4-15(5-12-19)22-20-14-17(24)8-13-21(20)25-23(27-26-22)16-6-9-18(28-2)10-7-16/h4-14H,3H2,1-2H3,(H,25,27). The molecule has 146 valence electrons. The molecule has 0 amide bonds. The molecule has 1 heterocycles. The molecule has 0 aromatic heterocycles. The molecule has 1 aliphatic heterocycles. The number of nitrogens with one attached hydrogen (secondary N) is 1. The van der Waals surface area contributed by atoms with Crippen LogP contribution < -0.4 is 14.9 Å². The van der Waals surface area contributed by atoms with E-state index in [1.165, 1.54) is 0 Å². The van der Waals surface area contributed by atoms with E-state index in [-0.39, 0.29) is 0 Å². The molecule has 3 aromatic rings. The predicted molar refractivity (Wildman–Crippen MR) is 117 cm³/mol. The molecule has 0 saturated heterocycles. The normalized spacial score (nSPS) is 12.8. The number of methoxy groups -OCH3 is 1. The summed E-state index contributed by atoms with van der Waals surface area (Å²) in [6, 6.07) is 21.1. The number of hydrogen-bond donors (Lipinski definition) is 1. The number of fused-ring (bicyclic) bond motifs is 1. The van der Waals surface area contributed by atoms with Gasteiger partial charge in [-0.25, -0.2) is 4.99 Å². The van der Waals surface area contributed by atoms with Crippen LogP contribution in [0.4, 0.5) is 5.69 Å². The van der Waals surface area contributed by atoms with Gasteiger partial charge in [0.25, 0.3) is 0 Å². The first-order valence-electron chi connectivity index (χ1n) is 9.28. The van der Waals surface area contributed by atoms with E-state index in [0.29, 0.717) is 17.5 Å². The van der Waals surface area contributed by atoms with Crippen LogP contribution in [0.3, 0.4) is 0 Å². The average molecular weight is 406 g/mol. The van der Waals surface area contributed by atoms with Crippen molar-refractivity contribution in [1.82, 2.24) is 5.43 Å². The molecule has 0 atom stereocenters. The summed E-state index contributed by atoms with van der Waals surface area (Å²) >= 11 is 6.28. The third-order valence-electron chi connectivity index (χ3n) is 4.52. The fraction of sp³-hybridized carbons (Fsp3) is 0.130. The summed E-state index contributed by atoms with van der Waals surface area (Å²) in [5, 5.41) is 5.29. The molecular formula is C23H20ClN3O2. The van der Waals surface area contributed by atoms with Gasteiger partial charge in [0.1, 0.15) is 17.2 Å². The Morgan fingerprint density at radius 3 is 2.28 bits per heavy atom. The molecule has 0 bridgehead atoms. The topological polar surface area (TPSA) is 55.2 Å². The molecule has 1 aliphatic rings. The van der Waals surface area contributed by atoms with Gasteiger partial charge < -0.3 is 9.47 Å². The van der Waals surface area contributed by atoms with E-state index in [4.69, 9.17) is 26.1 Å². The summed E-state index contributed by atoms with van der Waals surface area (Å²) in [4.78, 5) is 4.80. The Morgan fingerprint density at radius 2 is 1.59 bits per heavy atom. The van der Waals surface area contributed by atoms with E-state index in [0.717, 1.165) is 39.6 Å². The van der Waals surface area contributed by atoms with E-state index in [2.05, 4.69) is 10.5 Å². The van der Waals surface area contributed by atoms with Crippen LogP contribution in [-0.2, 0) is 0 Å². The highest BCUT2D eigenvalue weighted by atomic mass is 35.5. The largest absolute Gasteiger partial charge is 0.497 e. The van der Waals surface area contributed by atoms with Crippen LogP contribution in [-0.4, -0.2) is 25.3 Å². The lowest BCUT2D eigenvalue weighted by molar-refractivity contribution is 0.340. The maximum absolute atomic E-state index is 6.28. The Balaban J connectivity index is 1.77. The third kappa shape index (κ3) is 4.10. The summed E-state index contributed by atoms with van der Waals surface area (Å²) in [6.45, 7) is 2.59. The SMILES string of the molecule is CCOc1ccc(C2=NNC(c3ccc(OC)cc3)=Nc3ccc(Cl)cc32)cc1. The van der Waals surface area contributed by atoms with Gasteiger partial charge in [0.05, 0.1) is 19.4 Å². The second-order valence-electron chi connectivity index (χ2n) is 6.38. The van der Waals surface area contributed by atoms with Gasteiger partial charge in [0.2, 0.25) is 0 Å². The van der Waals surface area contributed by atoms with Gasteiger partial charge in [-0.05, 0) is 73.7 Å². The number of halogens is 1. The van der Waals surface area contributed by atoms with Crippen molar-refractivity contribution < 1.29 is 9.47 Å². The summed E-state index contributed by atoms with van der Waals surface area (Å²) in [6.07, 6.45) is 0. The first kappa shape index (κ1) is 19.0. The Kier molecular flexibility index (Phi) is 5.49. The van der Waals surface area contributed by atoms with Crippen molar-refractivity contribution in [2.24, 2.45) is 10.1 Å². The number of hydrogen-bond acceptors (Lipinski definition) is 5. The molecule has 0 unspecified atom stereocenters. The fourth-order valence-electron chi connectivity index (χ4n) is 3.08. The molecule has 5 nitrogen and oxygen atoms in total. The Labute approximate surface area is 174 Å². The van der Waals surface area contributed by atoms with Gasteiger partial charge >= 0.3 is 0 Å². The summed E-state index contributed by atoms with van der Waals surface area (Å²) in [5.74, 6) is 2.26. The minimum Gasteiger partial charge on any atom is -0.497 e. The van der Waals surface area contributed by atoms with Crippen molar-refractivity contribution in [3.8, 4) is 11.5 Å². The molecule has 6 heteroatoms. The van der Waals surface area contributed by atoms with Crippen LogP contribution in [0.2, 0.25) is 5.02 Å². The highest BCUT2D eigenvalue weighted by Crippen LogP contribution is 2.29.